The van der Waals surface area contributed by atoms with Crippen LogP contribution in [0.5, 0.6) is 0 Å². The van der Waals surface area contributed by atoms with Gasteiger partial charge in [0.15, 0.2) is 0 Å². The second-order valence-corrected chi connectivity index (χ2v) is 5.58. The van der Waals surface area contributed by atoms with Crippen LogP contribution in [0, 0.1) is 0 Å². The molecule has 0 spiro atoms. The topological polar surface area (TPSA) is 77.2 Å². The summed E-state index contributed by atoms with van der Waals surface area (Å²) in [7, 11) is 1.31. The van der Waals surface area contributed by atoms with Gasteiger partial charge in [-0.15, -0.1) is 0 Å². The molecule has 0 aliphatic carbocycles. The van der Waals surface area contributed by atoms with Crippen molar-refractivity contribution < 1.29 is 9.53 Å². The van der Waals surface area contributed by atoms with Crippen LogP contribution in [0.2, 0.25) is 0 Å². The number of benzene rings is 1. The third-order valence-electron chi connectivity index (χ3n) is 2.56. The summed E-state index contributed by atoms with van der Waals surface area (Å²) in [6.45, 7) is 0. The third-order valence-corrected chi connectivity index (χ3v) is 3.88. The zero-order chi connectivity index (χ0) is 14.7. The number of nitrogens with two attached hydrogens (primary N) is 1. The highest BCUT2D eigenvalue weighted by Crippen LogP contribution is 2.33. The summed E-state index contributed by atoms with van der Waals surface area (Å²) in [4.78, 5) is 15.7. The van der Waals surface area contributed by atoms with Gasteiger partial charge in [0.05, 0.1) is 30.2 Å². The average molecular weight is 401 g/mol. The van der Waals surface area contributed by atoms with Crippen LogP contribution < -0.4 is 11.1 Å². The van der Waals surface area contributed by atoms with Gasteiger partial charge in [0, 0.05) is 8.95 Å². The van der Waals surface area contributed by atoms with Gasteiger partial charge in [-0.25, -0.2) is 9.78 Å². The average Bonchev–Trinajstić information content (AvgIpc) is 2.44. The highest BCUT2D eigenvalue weighted by atomic mass is 79.9. The minimum Gasteiger partial charge on any atom is -0.465 e. The number of hydrogen-bond acceptors (Lipinski definition) is 5. The van der Waals surface area contributed by atoms with Gasteiger partial charge in [-0.2, -0.15) is 0 Å². The van der Waals surface area contributed by atoms with Crippen molar-refractivity contribution in [2.75, 3.05) is 18.2 Å². The highest BCUT2D eigenvalue weighted by Gasteiger charge is 2.13. The molecule has 0 bridgehead atoms. The van der Waals surface area contributed by atoms with Gasteiger partial charge >= 0.3 is 5.97 Å². The molecule has 2 aromatic rings. The molecule has 104 valence electrons. The van der Waals surface area contributed by atoms with Crippen molar-refractivity contribution in [3.05, 3.63) is 45.0 Å². The molecule has 7 heteroatoms. The number of nitrogens with one attached hydrogen (secondary N) is 1. The van der Waals surface area contributed by atoms with Crippen molar-refractivity contribution >= 4 is 55.0 Å². The maximum absolute atomic E-state index is 11.6. The van der Waals surface area contributed by atoms with Crippen LogP contribution >= 0.6 is 31.9 Å². The fourth-order valence-corrected chi connectivity index (χ4v) is 2.76. The zero-order valence-electron chi connectivity index (χ0n) is 10.5. The molecule has 0 radical (unpaired) electrons. The second kappa shape index (κ2) is 6.23. The Hall–Kier alpha value is -1.60. The summed E-state index contributed by atoms with van der Waals surface area (Å²) in [6, 6.07) is 7.24. The Morgan fingerprint density at radius 3 is 2.60 bits per heavy atom. The van der Waals surface area contributed by atoms with Crippen molar-refractivity contribution in [2.24, 2.45) is 0 Å². The molecule has 0 fully saturated rings. The summed E-state index contributed by atoms with van der Waals surface area (Å²) in [5.41, 5.74) is 7.06. The number of para-hydroxylation sites is 1. The SMILES string of the molecule is COC(=O)c1cc(Nc2c(Br)cccc2Br)ncc1N. The lowest BCUT2D eigenvalue weighted by Crippen LogP contribution is -2.07. The lowest BCUT2D eigenvalue weighted by Gasteiger charge is -2.11. The molecule has 2 rings (SSSR count). The zero-order valence-corrected chi connectivity index (χ0v) is 13.7. The van der Waals surface area contributed by atoms with E-state index in [4.69, 9.17) is 5.73 Å². The molecule has 0 atom stereocenters. The van der Waals surface area contributed by atoms with Crippen molar-refractivity contribution in [1.82, 2.24) is 4.98 Å². The van der Waals surface area contributed by atoms with E-state index in [1.165, 1.54) is 13.3 Å². The van der Waals surface area contributed by atoms with E-state index in [1.54, 1.807) is 6.07 Å². The molecular formula is C13H11Br2N3O2. The molecule has 5 nitrogen and oxygen atoms in total. The molecular weight excluding hydrogens is 390 g/mol. The van der Waals surface area contributed by atoms with E-state index in [9.17, 15) is 4.79 Å². The number of carbonyl (C=O) groups excluding carboxylic acids is 1. The number of pyridine rings is 1. The number of ether oxygens (including phenoxy) is 1. The number of hydrogen-bond donors (Lipinski definition) is 2. The van der Waals surface area contributed by atoms with Crippen molar-refractivity contribution in [2.45, 2.75) is 0 Å². The Kier molecular flexibility index (Phi) is 4.61. The van der Waals surface area contributed by atoms with E-state index in [2.05, 4.69) is 46.9 Å². The first-order chi connectivity index (χ1) is 9.52. The number of nitrogens with zero attached hydrogens (tertiary/aromatic N) is 1. The van der Waals surface area contributed by atoms with Crippen LogP contribution in [-0.4, -0.2) is 18.1 Å². The number of carbonyl (C=O) groups is 1. The number of methoxy groups -OCH3 is 1. The first-order valence-corrected chi connectivity index (χ1v) is 7.16. The van der Waals surface area contributed by atoms with Crippen LogP contribution in [0.25, 0.3) is 0 Å². The normalized spacial score (nSPS) is 10.2. The quantitative estimate of drug-likeness (QED) is 0.767. The third kappa shape index (κ3) is 3.10. The molecule has 0 saturated heterocycles. The molecule has 0 aliphatic heterocycles. The van der Waals surface area contributed by atoms with Gasteiger partial charge in [-0.3, -0.25) is 0 Å². The van der Waals surface area contributed by atoms with E-state index < -0.39 is 5.97 Å². The summed E-state index contributed by atoms with van der Waals surface area (Å²) < 4.78 is 6.41. The van der Waals surface area contributed by atoms with Gasteiger partial charge in [0.25, 0.3) is 0 Å². The van der Waals surface area contributed by atoms with Crippen molar-refractivity contribution in [3.8, 4) is 0 Å². The summed E-state index contributed by atoms with van der Waals surface area (Å²) in [5.74, 6) is -0.00802. The summed E-state index contributed by atoms with van der Waals surface area (Å²) >= 11 is 6.89. The molecule has 3 N–H and O–H groups in total. The minimum absolute atomic E-state index is 0.271. The maximum atomic E-state index is 11.6. The summed E-state index contributed by atoms with van der Waals surface area (Å²) in [6.07, 6.45) is 1.42. The number of nitrogen functional groups attached to an aromatic ring is 1. The molecule has 1 heterocycles. The van der Waals surface area contributed by atoms with Gasteiger partial charge in [-0.1, -0.05) is 6.07 Å². The van der Waals surface area contributed by atoms with Crippen LogP contribution in [0.15, 0.2) is 39.4 Å². The number of anilines is 3. The first kappa shape index (κ1) is 14.8. The van der Waals surface area contributed by atoms with Crippen LogP contribution in [0.3, 0.4) is 0 Å². The lowest BCUT2D eigenvalue weighted by atomic mass is 10.2. The van der Waals surface area contributed by atoms with Crippen molar-refractivity contribution in [1.29, 1.82) is 0 Å². The maximum Gasteiger partial charge on any atom is 0.340 e. The summed E-state index contributed by atoms with van der Waals surface area (Å²) in [5, 5.41) is 3.12. The minimum atomic E-state index is -0.501. The number of halogens is 2. The number of rotatable bonds is 3. The van der Waals surface area contributed by atoms with E-state index in [0.29, 0.717) is 5.82 Å². The van der Waals surface area contributed by atoms with E-state index in [-0.39, 0.29) is 11.3 Å². The number of aromatic nitrogens is 1. The van der Waals surface area contributed by atoms with Gasteiger partial charge in [0.1, 0.15) is 5.82 Å². The lowest BCUT2D eigenvalue weighted by molar-refractivity contribution is 0.0602. The predicted octanol–water partition coefficient (Wildman–Crippen LogP) is 3.72. The van der Waals surface area contributed by atoms with E-state index in [0.717, 1.165) is 14.6 Å². The molecule has 0 saturated carbocycles. The van der Waals surface area contributed by atoms with Crippen LogP contribution in [-0.2, 0) is 4.74 Å². The standard InChI is InChI=1S/C13H11Br2N3O2/c1-20-13(19)7-5-11(17-6-10(7)16)18-12-8(14)3-2-4-9(12)15/h2-6H,16H2,1H3,(H,17,18). The Morgan fingerprint density at radius 2 is 2.00 bits per heavy atom. The highest BCUT2D eigenvalue weighted by molar-refractivity contribution is 9.11. The monoisotopic (exact) mass is 399 g/mol. The van der Waals surface area contributed by atoms with Crippen LogP contribution in [0.1, 0.15) is 10.4 Å². The predicted molar refractivity (Wildman–Crippen MR) is 85.1 cm³/mol. The second-order valence-electron chi connectivity index (χ2n) is 3.87. The molecule has 1 aromatic heterocycles. The Balaban J connectivity index is 2.37. The van der Waals surface area contributed by atoms with E-state index in [1.807, 2.05) is 18.2 Å². The molecule has 20 heavy (non-hydrogen) atoms. The Bertz CT molecular complexity index is 642. The smallest absolute Gasteiger partial charge is 0.340 e. The van der Waals surface area contributed by atoms with Gasteiger partial charge < -0.3 is 15.8 Å². The molecule has 0 amide bonds. The Labute approximate surface area is 132 Å². The fraction of sp³-hybridized carbons (Fsp3) is 0.0769. The van der Waals surface area contributed by atoms with E-state index >= 15 is 0 Å². The Morgan fingerprint density at radius 1 is 1.35 bits per heavy atom. The number of esters is 1. The largest absolute Gasteiger partial charge is 0.465 e. The van der Waals surface area contributed by atoms with Gasteiger partial charge in [0.2, 0.25) is 0 Å². The molecule has 0 aliphatic rings. The molecule has 1 aromatic carbocycles. The first-order valence-electron chi connectivity index (χ1n) is 5.57. The van der Waals surface area contributed by atoms with Crippen molar-refractivity contribution in [3.63, 3.8) is 0 Å². The van der Waals surface area contributed by atoms with Gasteiger partial charge in [-0.05, 0) is 50.1 Å². The fourth-order valence-electron chi connectivity index (χ4n) is 1.57. The molecule has 0 unspecified atom stereocenters. The van der Waals surface area contributed by atoms with Crippen LogP contribution in [0.4, 0.5) is 17.2 Å².